The molecule has 1 heteroatoms. The summed E-state index contributed by atoms with van der Waals surface area (Å²) in [7, 11) is 0. The Morgan fingerprint density at radius 3 is 1.27 bits per heavy atom. The number of hydrogen-bond donors (Lipinski definition) is 0. The lowest BCUT2D eigenvalue weighted by Crippen LogP contribution is -2.43. The zero-order valence-electron chi connectivity index (χ0n) is 36.8. The van der Waals surface area contributed by atoms with Crippen molar-refractivity contribution in [3.8, 4) is 44.5 Å². The third-order valence-corrected chi connectivity index (χ3v) is 15.1. The fraction of sp³-hybridized carbons (Fsp3) is 0.0303. The summed E-state index contributed by atoms with van der Waals surface area (Å²) in [5, 5.41) is 2.42. The summed E-state index contributed by atoms with van der Waals surface area (Å²) in [6.07, 6.45) is 0. The second-order valence-electron chi connectivity index (χ2n) is 18.3. The van der Waals surface area contributed by atoms with Gasteiger partial charge in [0.15, 0.2) is 0 Å². The molecule has 14 rings (SSSR count). The van der Waals surface area contributed by atoms with E-state index in [0.29, 0.717) is 0 Å². The van der Waals surface area contributed by atoms with Crippen LogP contribution in [-0.4, -0.2) is 0 Å². The SMILES string of the molecule is c1ccc(-c2ccc(N(c3cccc(-c4ccc5c(c4)-c4ccccc4C54c5ccccc5C5(c6ccccc6-c6ccccc65)c5ccccc54)c3)c3cccc4ccccc34)cc2)cc1. The van der Waals surface area contributed by atoms with Gasteiger partial charge in [-0.1, -0.05) is 224 Å². The van der Waals surface area contributed by atoms with Crippen LogP contribution < -0.4 is 4.90 Å². The quantitative estimate of drug-likeness (QED) is 0.167. The van der Waals surface area contributed by atoms with E-state index in [2.05, 4.69) is 266 Å². The predicted octanol–water partition coefficient (Wildman–Crippen LogP) is 16.7. The maximum absolute atomic E-state index is 2.47. The minimum absolute atomic E-state index is 0.457. The maximum Gasteiger partial charge on any atom is 0.0720 e. The lowest BCUT2D eigenvalue weighted by Gasteiger charge is -2.48. The first-order chi connectivity index (χ1) is 33.2. The monoisotopic (exact) mass is 849 g/mol. The van der Waals surface area contributed by atoms with Crippen LogP contribution in [0.2, 0.25) is 0 Å². The Labute approximate surface area is 391 Å². The Hall–Kier alpha value is -8.52. The van der Waals surface area contributed by atoms with E-state index in [4.69, 9.17) is 0 Å². The molecule has 0 unspecified atom stereocenters. The average molecular weight is 850 g/mol. The summed E-state index contributed by atoms with van der Waals surface area (Å²) < 4.78 is 0. The molecule has 0 fully saturated rings. The highest BCUT2D eigenvalue weighted by molar-refractivity contribution is 6.00. The number of benzene rings is 11. The molecule has 312 valence electrons. The van der Waals surface area contributed by atoms with Gasteiger partial charge in [0.25, 0.3) is 0 Å². The Balaban J connectivity index is 0.957. The van der Waals surface area contributed by atoms with Crippen LogP contribution in [0.1, 0.15) is 44.5 Å². The standard InChI is InChI=1S/C66H43N/c1-2-18-44(19-3-1)45-36-39-49(40-37-45)67(64-35-17-21-46-20-4-5-24-51(46)64)50-23-16-22-47(42-50)48-38-41-59-55(43-48)54-27-8-11-30-58(54)66(59)62-33-14-12-31-60(62)65(61-32-13-15-34-63(61)66)56-28-9-6-25-52(56)53-26-7-10-29-57(53)65/h1-43H. The summed E-state index contributed by atoms with van der Waals surface area (Å²) in [4.78, 5) is 2.42. The molecule has 67 heavy (non-hydrogen) atoms. The van der Waals surface area contributed by atoms with E-state index >= 15 is 0 Å². The number of rotatable bonds is 5. The smallest absolute Gasteiger partial charge is 0.0720 e. The zero-order chi connectivity index (χ0) is 44.1. The van der Waals surface area contributed by atoms with Crippen molar-refractivity contribution >= 4 is 27.8 Å². The third-order valence-electron chi connectivity index (χ3n) is 15.1. The molecule has 0 radical (unpaired) electrons. The van der Waals surface area contributed by atoms with Gasteiger partial charge in [-0.25, -0.2) is 0 Å². The van der Waals surface area contributed by atoms with E-state index in [1.54, 1.807) is 0 Å². The van der Waals surface area contributed by atoms with Crippen molar-refractivity contribution < 1.29 is 0 Å². The molecule has 0 aliphatic heterocycles. The van der Waals surface area contributed by atoms with Crippen molar-refractivity contribution in [2.45, 2.75) is 10.8 Å². The van der Waals surface area contributed by atoms with Crippen LogP contribution in [0.15, 0.2) is 261 Å². The average Bonchev–Trinajstić information content (AvgIpc) is 3.87. The predicted molar refractivity (Wildman–Crippen MR) is 278 cm³/mol. The fourth-order valence-electron chi connectivity index (χ4n) is 12.5. The molecule has 0 aromatic heterocycles. The number of hydrogen-bond acceptors (Lipinski definition) is 1. The second kappa shape index (κ2) is 14.5. The highest BCUT2D eigenvalue weighted by Crippen LogP contribution is 2.67. The molecule has 0 heterocycles. The van der Waals surface area contributed by atoms with Crippen molar-refractivity contribution in [3.05, 3.63) is 305 Å². The minimum atomic E-state index is -0.520. The van der Waals surface area contributed by atoms with Crippen LogP contribution in [-0.2, 0) is 10.8 Å². The van der Waals surface area contributed by atoms with Crippen LogP contribution in [0.3, 0.4) is 0 Å². The summed E-state index contributed by atoms with van der Waals surface area (Å²) in [5.41, 5.74) is 23.2. The summed E-state index contributed by atoms with van der Waals surface area (Å²) in [6, 6.07) is 97.5. The van der Waals surface area contributed by atoms with Crippen LogP contribution in [0.4, 0.5) is 17.1 Å². The highest BCUT2D eigenvalue weighted by atomic mass is 15.1. The number of anilines is 3. The van der Waals surface area contributed by atoms with Gasteiger partial charge in [0.05, 0.1) is 16.5 Å². The third kappa shape index (κ3) is 5.20. The Morgan fingerprint density at radius 1 is 0.239 bits per heavy atom. The molecule has 3 aliphatic rings. The summed E-state index contributed by atoms with van der Waals surface area (Å²) in [6.45, 7) is 0. The van der Waals surface area contributed by atoms with E-state index in [0.717, 1.165) is 17.1 Å². The molecule has 0 saturated carbocycles. The van der Waals surface area contributed by atoms with E-state index in [1.165, 1.54) is 99.8 Å². The molecule has 0 saturated heterocycles. The molecular formula is C66H43N. The van der Waals surface area contributed by atoms with Gasteiger partial charge in [-0.3, -0.25) is 0 Å². The lowest BCUT2D eigenvalue weighted by molar-refractivity contribution is 0.633. The van der Waals surface area contributed by atoms with Gasteiger partial charge in [0.2, 0.25) is 0 Å². The van der Waals surface area contributed by atoms with Crippen LogP contribution in [0.5, 0.6) is 0 Å². The molecule has 2 spiro atoms. The zero-order valence-corrected chi connectivity index (χ0v) is 36.8. The van der Waals surface area contributed by atoms with Crippen molar-refractivity contribution in [3.63, 3.8) is 0 Å². The highest BCUT2D eigenvalue weighted by Gasteiger charge is 2.58. The summed E-state index contributed by atoms with van der Waals surface area (Å²) >= 11 is 0. The molecule has 3 aliphatic carbocycles. The van der Waals surface area contributed by atoms with E-state index in [9.17, 15) is 0 Å². The second-order valence-corrected chi connectivity index (χ2v) is 18.3. The largest absolute Gasteiger partial charge is 0.310 e. The molecule has 0 N–H and O–H groups in total. The first kappa shape index (κ1) is 37.8. The molecule has 0 bridgehead atoms. The van der Waals surface area contributed by atoms with E-state index < -0.39 is 10.8 Å². The van der Waals surface area contributed by atoms with Gasteiger partial charge in [0.1, 0.15) is 0 Å². The molecule has 1 nitrogen and oxygen atoms in total. The minimum Gasteiger partial charge on any atom is -0.310 e. The van der Waals surface area contributed by atoms with Crippen molar-refractivity contribution in [1.29, 1.82) is 0 Å². The first-order valence-electron chi connectivity index (χ1n) is 23.4. The molecule has 0 atom stereocenters. The van der Waals surface area contributed by atoms with Crippen molar-refractivity contribution in [1.82, 2.24) is 0 Å². The van der Waals surface area contributed by atoms with Crippen molar-refractivity contribution in [2.75, 3.05) is 4.90 Å². The first-order valence-corrected chi connectivity index (χ1v) is 23.4. The van der Waals surface area contributed by atoms with Crippen LogP contribution in [0, 0.1) is 0 Å². The fourth-order valence-corrected chi connectivity index (χ4v) is 12.5. The topological polar surface area (TPSA) is 3.24 Å². The Bertz CT molecular complexity index is 3670. The van der Waals surface area contributed by atoms with Gasteiger partial charge in [0, 0.05) is 16.8 Å². The summed E-state index contributed by atoms with van der Waals surface area (Å²) in [5.74, 6) is 0. The van der Waals surface area contributed by atoms with E-state index in [-0.39, 0.29) is 0 Å². The van der Waals surface area contributed by atoms with Gasteiger partial charge in [-0.05, 0) is 131 Å². The normalized spacial score (nSPS) is 13.9. The Morgan fingerprint density at radius 2 is 0.657 bits per heavy atom. The number of fused-ring (bicyclic) bond motifs is 17. The van der Waals surface area contributed by atoms with Gasteiger partial charge in [-0.2, -0.15) is 0 Å². The van der Waals surface area contributed by atoms with Crippen LogP contribution >= 0.6 is 0 Å². The molecule has 0 amide bonds. The van der Waals surface area contributed by atoms with E-state index in [1.807, 2.05) is 0 Å². The van der Waals surface area contributed by atoms with Gasteiger partial charge >= 0.3 is 0 Å². The van der Waals surface area contributed by atoms with Gasteiger partial charge in [-0.15, -0.1) is 0 Å². The van der Waals surface area contributed by atoms with Crippen molar-refractivity contribution in [2.24, 2.45) is 0 Å². The maximum atomic E-state index is 2.47. The molecule has 11 aromatic carbocycles. The lowest BCUT2D eigenvalue weighted by atomic mass is 9.52. The molecular weight excluding hydrogens is 807 g/mol. The molecule has 11 aromatic rings. The van der Waals surface area contributed by atoms with Crippen LogP contribution in [0.25, 0.3) is 55.3 Å². The Kier molecular flexibility index (Phi) is 8.18. The van der Waals surface area contributed by atoms with Gasteiger partial charge < -0.3 is 4.90 Å². The number of nitrogens with zero attached hydrogens (tertiary/aromatic N) is 1.